The van der Waals surface area contributed by atoms with E-state index in [-0.39, 0.29) is 34.7 Å². The van der Waals surface area contributed by atoms with Gasteiger partial charge in [-0.1, -0.05) is 41.4 Å². The zero-order valence-electron chi connectivity index (χ0n) is 29.9. The maximum absolute atomic E-state index is 13.8. The van der Waals surface area contributed by atoms with Crippen molar-refractivity contribution in [3.63, 3.8) is 0 Å². The lowest BCUT2D eigenvalue weighted by Gasteiger charge is -2.44. The molecule has 1 N–H and O–H groups in total. The number of pyridine rings is 1. The van der Waals surface area contributed by atoms with Gasteiger partial charge in [-0.2, -0.15) is 4.73 Å². The van der Waals surface area contributed by atoms with Gasteiger partial charge in [0, 0.05) is 29.9 Å². The maximum Gasteiger partial charge on any atom is 0.414 e. The van der Waals surface area contributed by atoms with Gasteiger partial charge in [0.25, 0.3) is 0 Å². The molecule has 0 spiro atoms. The van der Waals surface area contributed by atoms with Crippen LogP contribution >= 0.6 is 23.2 Å². The topological polar surface area (TPSA) is 151 Å². The van der Waals surface area contributed by atoms with E-state index in [1.165, 1.54) is 31.5 Å². The zero-order valence-corrected chi connectivity index (χ0v) is 32.2. The minimum Gasteiger partial charge on any atom is -0.619 e. The standard InChI is InChI=1S/C38H40Cl2N4O9S/c1-50-33-13-8-27(18-35(33)51-2)34(19-30-31(39)21-43(47)22-32(30)40)52-37(45)26-6-4-24(5-7-26)20-44(29-11-9-28(10-12-29)41-54(3,48)49)38(46)53-36-23-42-16-14-25(36)15-17-42/h4-13,18,21-22,25,34,36,41H,14-17,19-20,23H2,1-3H3/t34-,36-/m0/s1. The molecule has 3 saturated heterocycles. The smallest absolute Gasteiger partial charge is 0.414 e. The molecule has 16 heteroatoms. The number of methoxy groups -OCH3 is 2. The van der Waals surface area contributed by atoms with Crippen molar-refractivity contribution in [2.45, 2.75) is 38.0 Å². The Morgan fingerprint density at radius 1 is 0.963 bits per heavy atom. The van der Waals surface area contributed by atoms with Gasteiger partial charge in [-0.3, -0.25) is 14.5 Å². The number of nitrogens with one attached hydrogen (secondary N) is 1. The van der Waals surface area contributed by atoms with Crippen molar-refractivity contribution in [1.82, 2.24) is 4.90 Å². The van der Waals surface area contributed by atoms with Crippen LogP contribution in [-0.4, -0.2) is 71.6 Å². The molecule has 1 amide bonds. The van der Waals surface area contributed by atoms with Gasteiger partial charge in [0.1, 0.15) is 22.3 Å². The highest BCUT2D eigenvalue weighted by Gasteiger charge is 2.37. The van der Waals surface area contributed by atoms with E-state index in [1.54, 1.807) is 66.7 Å². The first-order chi connectivity index (χ1) is 25.8. The summed E-state index contributed by atoms with van der Waals surface area (Å²) >= 11 is 12.8. The van der Waals surface area contributed by atoms with Crippen LogP contribution in [0.3, 0.4) is 0 Å². The molecular weight excluding hydrogens is 759 g/mol. The first-order valence-electron chi connectivity index (χ1n) is 17.2. The molecule has 2 bridgehead atoms. The number of rotatable bonds is 13. The number of esters is 1. The fraction of sp³-hybridized carbons (Fsp3) is 0.342. The van der Waals surface area contributed by atoms with Crippen molar-refractivity contribution in [2.75, 3.05) is 49.7 Å². The van der Waals surface area contributed by atoms with Crippen LogP contribution in [-0.2, 0) is 32.5 Å². The van der Waals surface area contributed by atoms with Crippen molar-refractivity contribution >= 4 is 56.7 Å². The molecule has 286 valence electrons. The van der Waals surface area contributed by atoms with Gasteiger partial charge in [0.05, 0.1) is 32.6 Å². The molecule has 13 nitrogen and oxygen atoms in total. The summed E-state index contributed by atoms with van der Waals surface area (Å²) in [6.07, 6.45) is 3.74. The van der Waals surface area contributed by atoms with Crippen molar-refractivity contribution in [3.05, 3.63) is 117 Å². The third-order valence-electron chi connectivity index (χ3n) is 9.56. The normalized spacial score (nSPS) is 18.4. The molecule has 3 aromatic carbocycles. The zero-order chi connectivity index (χ0) is 38.6. The Morgan fingerprint density at radius 2 is 1.61 bits per heavy atom. The Labute approximate surface area is 323 Å². The van der Waals surface area contributed by atoms with E-state index in [0.29, 0.717) is 56.8 Å². The second-order valence-electron chi connectivity index (χ2n) is 13.3. The van der Waals surface area contributed by atoms with Crippen LogP contribution in [0.1, 0.15) is 46.0 Å². The van der Waals surface area contributed by atoms with Gasteiger partial charge in [0.2, 0.25) is 10.0 Å². The average molecular weight is 800 g/mol. The van der Waals surface area contributed by atoms with Gasteiger partial charge >= 0.3 is 12.1 Å². The van der Waals surface area contributed by atoms with Gasteiger partial charge in [0.15, 0.2) is 23.9 Å². The van der Waals surface area contributed by atoms with Crippen molar-refractivity contribution in [3.8, 4) is 11.5 Å². The third-order valence-corrected chi connectivity index (χ3v) is 10.8. The highest BCUT2D eigenvalue weighted by atomic mass is 35.5. The number of ether oxygens (including phenoxy) is 4. The van der Waals surface area contributed by atoms with Gasteiger partial charge < -0.3 is 24.2 Å². The molecule has 0 saturated carbocycles. The lowest BCUT2D eigenvalue weighted by atomic mass is 9.86. The van der Waals surface area contributed by atoms with Crippen LogP contribution in [0.15, 0.2) is 79.1 Å². The maximum atomic E-state index is 13.8. The first-order valence-corrected chi connectivity index (χ1v) is 19.8. The van der Waals surface area contributed by atoms with E-state index < -0.39 is 28.2 Å². The number of nitrogens with zero attached hydrogens (tertiary/aromatic N) is 3. The largest absolute Gasteiger partial charge is 0.619 e. The number of aromatic nitrogens is 1. The highest BCUT2D eigenvalue weighted by molar-refractivity contribution is 7.92. The van der Waals surface area contributed by atoms with E-state index >= 15 is 0 Å². The molecule has 0 unspecified atom stereocenters. The van der Waals surface area contributed by atoms with E-state index in [4.69, 9.17) is 42.1 Å². The summed E-state index contributed by atoms with van der Waals surface area (Å²) in [5, 5.41) is 12.1. The van der Waals surface area contributed by atoms with Gasteiger partial charge in [-0.05, 0) is 91.5 Å². The fourth-order valence-corrected chi connectivity index (χ4v) is 7.90. The highest BCUT2D eigenvalue weighted by Crippen LogP contribution is 2.36. The third kappa shape index (κ3) is 9.48. The Kier molecular flexibility index (Phi) is 12.1. The predicted octanol–water partition coefficient (Wildman–Crippen LogP) is 6.39. The monoisotopic (exact) mass is 798 g/mol. The van der Waals surface area contributed by atoms with Gasteiger partial charge in [-0.15, -0.1) is 0 Å². The Balaban J connectivity index is 1.23. The number of sulfonamides is 1. The minimum absolute atomic E-state index is 0.0486. The molecule has 3 aliphatic heterocycles. The molecule has 7 rings (SSSR count). The molecule has 2 atom stereocenters. The molecule has 4 heterocycles. The van der Waals surface area contributed by atoms with Crippen LogP contribution in [0.4, 0.5) is 16.2 Å². The molecular formula is C38H40Cl2N4O9S. The van der Waals surface area contributed by atoms with Crippen LogP contribution in [0, 0.1) is 11.1 Å². The number of anilines is 2. The lowest BCUT2D eigenvalue weighted by Crippen LogP contribution is -2.53. The quantitative estimate of drug-likeness (QED) is 0.0916. The second kappa shape index (κ2) is 16.7. The summed E-state index contributed by atoms with van der Waals surface area (Å²) in [5.41, 5.74) is 2.78. The summed E-state index contributed by atoms with van der Waals surface area (Å²) in [7, 11) is -0.492. The number of benzene rings is 3. The Hall–Kier alpha value is -4.76. The summed E-state index contributed by atoms with van der Waals surface area (Å²) < 4.78 is 49.4. The number of carbonyl (C=O) groups excluding carboxylic acids is 2. The number of halogens is 2. The number of carbonyl (C=O) groups is 2. The number of hydrogen-bond donors (Lipinski definition) is 1. The average Bonchev–Trinajstić information content (AvgIpc) is 3.15. The lowest BCUT2D eigenvalue weighted by molar-refractivity contribution is -0.605. The number of fused-ring (bicyclic) bond motifs is 3. The van der Waals surface area contributed by atoms with Crippen LogP contribution < -0.4 is 23.8 Å². The van der Waals surface area contributed by atoms with E-state index in [0.717, 1.165) is 32.2 Å². The molecule has 3 fully saturated rings. The SMILES string of the molecule is COc1ccc([C@H](Cc2c(Cl)c[n+]([O-])cc2Cl)OC(=O)c2ccc(CN(C(=O)O[C@H]3CN4CCC3CC4)c3ccc(NS(C)(=O)=O)cc3)cc2)cc1OC. The van der Waals surface area contributed by atoms with Gasteiger partial charge in [-0.25, -0.2) is 18.0 Å². The summed E-state index contributed by atoms with van der Waals surface area (Å²) in [6.45, 7) is 2.78. The minimum atomic E-state index is -3.49. The molecule has 4 aromatic rings. The molecule has 54 heavy (non-hydrogen) atoms. The molecule has 0 radical (unpaired) electrons. The summed E-state index contributed by atoms with van der Waals surface area (Å²) in [5.74, 6) is 0.553. The molecule has 1 aromatic heterocycles. The Morgan fingerprint density at radius 3 is 2.19 bits per heavy atom. The van der Waals surface area contributed by atoms with Crippen LogP contribution in [0.2, 0.25) is 10.0 Å². The molecule has 0 aliphatic carbocycles. The number of piperidine rings is 3. The van der Waals surface area contributed by atoms with E-state index in [1.807, 2.05) is 0 Å². The second-order valence-corrected chi connectivity index (χ2v) is 15.8. The van der Waals surface area contributed by atoms with Crippen LogP contribution in [0.5, 0.6) is 11.5 Å². The molecule has 3 aliphatic rings. The fourth-order valence-electron chi connectivity index (χ4n) is 6.74. The number of hydrogen-bond acceptors (Lipinski definition) is 10. The van der Waals surface area contributed by atoms with Crippen molar-refractivity contribution < 1.29 is 41.7 Å². The summed E-state index contributed by atoms with van der Waals surface area (Å²) in [4.78, 5) is 31.2. The van der Waals surface area contributed by atoms with E-state index in [9.17, 15) is 23.2 Å². The van der Waals surface area contributed by atoms with Crippen molar-refractivity contribution in [2.24, 2.45) is 5.92 Å². The number of amides is 1. The Bertz CT molecular complexity index is 2070. The van der Waals surface area contributed by atoms with Crippen molar-refractivity contribution in [1.29, 1.82) is 0 Å². The predicted molar refractivity (Wildman–Crippen MR) is 204 cm³/mol. The van der Waals surface area contributed by atoms with E-state index in [2.05, 4.69) is 9.62 Å². The summed E-state index contributed by atoms with van der Waals surface area (Å²) in [6, 6.07) is 18.2. The van der Waals surface area contributed by atoms with Crippen LogP contribution in [0.25, 0.3) is 0 Å². The first kappa shape index (κ1) is 38.9.